The van der Waals surface area contributed by atoms with Crippen molar-refractivity contribution in [3.63, 3.8) is 0 Å². The molecule has 1 saturated carbocycles. The van der Waals surface area contributed by atoms with E-state index in [1.807, 2.05) is 0 Å². The minimum atomic E-state index is 0.687. The summed E-state index contributed by atoms with van der Waals surface area (Å²) in [5.41, 5.74) is 0. The Bertz CT molecular complexity index is 197. The zero-order valence-corrected chi connectivity index (χ0v) is 10.5. The van der Waals surface area contributed by atoms with Gasteiger partial charge in [-0.05, 0) is 38.0 Å². The molecule has 2 unspecified atom stereocenters. The Kier molecular flexibility index (Phi) is 3.68. The molecule has 1 heterocycles. The predicted molar refractivity (Wildman–Crippen MR) is 65.0 cm³/mol. The highest BCUT2D eigenvalue weighted by molar-refractivity contribution is 4.88. The summed E-state index contributed by atoms with van der Waals surface area (Å²) in [5, 5.41) is 3.62. The number of nitrogens with zero attached hydrogens (tertiary/aromatic N) is 1. The van der Waals surface area contributed by atoms with Gasteiger partial charge in [0.1, 0.15) is 0 Å². The van der Waals surface area contributed by atoms with E-state index in [9.17, 15) is 0 Å². The molecule has 88 valence electrons. The van der Waals surface area contributed by atoms with Gasteiger partial charge in [0.25, 0.3) is 0 Å². The van der Waals surface area contributed by atoms with Crippen molar-refractivity contribution in [2.75, 3.05) is 19.6 Å². The van der Waals surface area contributed by atoms with Crippen LogP contribution in [0.15, 0.2) is 0 Å². The monoisotopic (exact) mass is 210 g/mol. The lowest BCUT2D eigenvalue weighted by molar-refractivity contribution is 0.113. The maximum atomic E-state index is 3.62. The lowest BCUT2D eigenvalue weighted by atomic mass is 9.99. The molecule has 0 radical (unpaired) electrons. The van der Waals surface area contributed by atoms with Crippen LogP contribution in [0.2, 0.25) is 0 Å². The number of rotatable bonds is 4. The molecular weight excluding hydrogens is 184 g/mol. The summed E-state index contributed by atoms with van der Waals surface area (Å²) in [4.78, 5) is 2.75. The van der Waals surface area contributed by atoms with Gasteiger partial charge in [-0.25, -0.2) is 0 Å². The molecule has 1 N–H and O–H groups in total. The van der Waals surface area contributed by atoms with Gasteiger partial charge in [-0.1, -0.05) is 13.8 Å². The molecule has 2 heteroatoms. The average molecular weight is 210 g/mol. The first-order valence-electron chi connectivity index (χ1n) is 6.62. The van der Waals surface area contributed by atoms with Crippen LogP contribution in [0, 0.1) is 11.8 Å². The average Bonchev–Trinajstić information content (AvgIpc) is 2.93. The van der Waals surface area contributed by atoms with Crippen molar-refractivity contribution in [1.82, 2.24) is 10.2 Å². The van der Waals surface area contributed by atoms with Crippen LogP contribution in [-0.4, -0.2) is 36.6 Å². The van der Waals surface area contributed by atoms with E-state index < -0.39 is 0 Å². The Balaban J connectivity index is 1.86. The molecular formula is C13H26N2. The molecule has 2 rings (SSSR count). The first-order valence-corrected chi connectivity index (χ1v) is 6.62. The summed E-state index contributed by atoms with van der Waals surface area (Å²) in [5.74, 6) is 1.86. The summed E-state index contributed by atoms with van der Waals surface area (Å²) >= 11 is 0. The zero-order valence-electron chi connectivity index (χ0n) is 10.5. The van der Waals surface area contributed by atoms with E-state index in [0.717, 1.165) is 17.9 Å². The molecule has 0 aromatic carbocycles. The number of piperazine rings is 1. The number of hydrogen-bond acceptors (Lipinski definition) is 2. The fourth-order valence-electron chi connectivity index (χ4n) is 2.66. The molecule has 0 amide bonds. The lowest BCUT2D eigenvalue weighted by Gasteiger charge is -2.40. The molecule has 1 saturated heterocycles. The van der Waals surface area contributed by atoms with Gasteiger partial charge in [-0.2, -0.15) is 0 Å². The van der Waals surface area contributed by atoms with Gasteiger partial charge in [0.05, 0.1) is 0 Å². The molecule has 2 atom stereocenters. The van der Waals surface area contributed by atoms with Crippen LogP contribution in [0.5, 0.6) is 0 Å². The lowest BCUT2D eigenvalue weighted by Crippen LogP contribution is -2.56. The third-order valence-corrected chi connectivity index (χ3v) is 3.66. The van der Waals surface area contributed by atoms with Gasteiger partial charge in [-0.3, -0.25) is 4.90 Å². The van der Waals surface area contributed by atoms with Crippen molar-refractivity contribution in [2.24, 2.45) is 11.8 Å². The number of hydrogen-bond donors (Lipinski definition) is 1. The molecule has 15 heavy (non-hydrogen) atoms. The van der Waals surface area contributed by atoms with Crippen LogP contribution in [0.1, 0.15) is 40.0 Å². The molecule has 0 spiro atoms. The van der Waals surface area contributed by atoms with E-state index in [-0.39, 0.29) is 0 Å². The summed E-state index contributed by atoms with van der Waals surface area (Å²) in [6.45, 7) is 10.8. The maximum absolute atomic E-state index is 3.62. The molecule has 2 nitrogen and oxygen atoms in total. The molecule has 2 fully saturated rings. The summed E-state index contributed by atoms with van der Waals surface area (Å²) < 4.78 is 0. The highest BCUT2D eigenvalue weighted by atomic mass is 15.2. The Morgan fingerprint density at radius 1 is 1.33 bits per heavy atom. The van der Waals surface area contributed by atoms with Gasteiger partial charge in [0, 0.05) is 31.7 Å². The van der Waals surface area contributed by atoms with Gasteiger partial charge in [0.15, 0.2) is 0 Å². The van der Waals surface area contributed by atoms with Crippen LogP contribution in [0.4, 0.5) is 0 Å². The highest BCUT2D eigenvalue weighted by Gasteiger charge is 2.31. The third-order valence-electron chi connectivity index (χ3n) is 3.66. The van der Waals surface area contributed by atoms with Crippen molar-refractivity contribution in [1.29, 1.82) is 0 Å². The standard InChI is InChI=1S/C13H26N2/c1-10(2)6-13-7-14-11(3)8-15(13)9-12-4-5-12/h10-14H,4-9H2,1-3H3. The largest absolute Gasteiger partial charge is 0.311 e. The summed E-state index contributed by atoms with van der Waals surface area (Å²) in [7, 11) is 0. The van der Waals surface area contributed by atoms with Crippen molar-refractivity contribution in [3.8, 4) is 0 Å². The number of nitrogens with one attached hydrogen (secondary N) is 1. The topological polar surface area (TPSA) is 15.3 Å². The van der Waals surface area contributed by atoms with E-state index in [1.54, 1.807) is 0 Å². The van der Waals surface area contributed by atoms with Crippen molar-refractivity contribution in [3.05, 3.63) is 0 Å². The van der Waals surface area contributed by atoms with Gasteiger partial charge in [0.2, 0.25) is 0 Å². The second-order valence-corrected chi connectivity index (χ2v) is 5.99. The first kappa shape index (κ1) is 11.4. The van der Waals surface area contributed by atoms with Crippen LogP contribution >= 0.6 is 0 Å². The van der Waals surface area contributed by atoms with Crippen LogP contribution in [0.25, 0.3) is 0 Å². The maximum Gasteiger partial charge on any atom is 0.0223 e. The fraction of sp³-hybridized carbons (Fsp3) is 1.00. The van der Waals surface area contributed by atoms with Gasteiger partial charge in [-0.15, -0.1) is 0 Å². The molecule has 1 aliphatic carbocycles. The molecule has 2 aliphatic rings. The fourth-order valence-corrected chi connectivity index (χ4v) is 2.66. The van der Waals surface area contributed by atoms with E-state index in [2.05, 4.69) is 31.0 Å². The summed E-state index contributed by atoms with van der Waals surface area (Å²) in [6.07, 6.45) is 4.31. The Morgan fingerprint density at radius 3 is 2.67 bits per heavy atom. The second kappa shape index (κ2) is 4.84. The van der Waals surface area contributed by atoms with E-state index in [4.69, 9.17) is 0 Å². The van der Waals surface area contributed by atoms with E-state index in [1.165, 1.54) is 38.9 Å². The minimum absolute atomic E-state index is 0.687. The molecule has 1 aliphatic heterocycles. The SMILES string of the molecule is CC(C)CC1CNC(C)CN1CC1CC1. The van der Waals surface area contributed by atoms with Crippen molar-refractivity contribution >= 4 is 0 Å². The molecule has 0 aromatic heterocycles. The van der Waals surface area contributed by atoms with Crippen LogP contribution in [0.3, 0.4) is 0 Å². The van der Waals surface area contributed by atoms with Gasteiger partial charge < -0.3 is 5.32 Å². The third kappa shape index (κ3) is 3.46. The minimum Gasteiger partial charge on any atom is -0.311 e. The van der Waals surface area contributed by atoms with Crippen molar-refractivity contribution < 1.29 is 0 Å². The summed E-state index contributed by atoms with van der Waals surface area (Å²) in [6, 6.07) is 1.48. The van der Waals surface area contributed by atoms with Crippen molar-refractivity contribution in [2.45, 2.75) is 52.1 Å². The van der Waals surface area contributed by atoms with Crippen LogP contribution < -0.4 is 5.32 Å². The quantitative estimate of drug-likeness (QED) is 0.764. The Labute approximate surface area is 94.4 Å². The second-order valence-electron chi connectivity index (χ2n) is 5.99. The molecule has 0 bridgehead atoms. The van der Waals surface area contributed by atoms with Crippen LogP contribution in [-0.2, 0) is 0 Å². The normalized spacial score (nSPS) is 33.6. The zero-order chi connectivity index (χ0) is 10.8. The van der Waals surface area contributed by atoms with Gasteiger partial charge >= 0.3 is 0 Å². The first-order chi connectivity index (χ1) is 7.15. The highest BCUT2D eigenvalue weighted by Crippen LogP contribution is 2.31. The Morgan fingerprint density at radius 2 is 2.07 bits per heavy atom. The van der Waals surface area contributed by atoms with E-state index in [0.29, 0.717) is 6.04 Å². The Hall–Kier alpha value is -0.0800. The van der Waals surface area contributed by atoms with E-state index >= 15 is 0 Å². The molecule has 0 aromatic rings. The predicted octanol–water partition coefficient (Wildman–Crippen LogP) is 2.10. The smallest absolute Gasteiger partial charge is 0.0223 e.